The molecule has 0 unspecified atom stereocenters. The van der Waals surface area contributed by atoms with Crippen LogP contribution >= 0.6 is 0 Å². The quantitative estimate of drug-likeness (QED) is 0.153. The van der Waals surface area contributed by atoms with Crippen LogP contribution in [0.4, 0.5) is 17.1 Å². The molecule has 3 nitrogen and oxygen atoms in total. The van der Waals surface area contributed by atoms with Gasteiger partial charge >= 0.3 is 0 Å². The average Bonchev–Trinajstić information content (AvgIpc) is 3.94. The second kappa shape index (κ2) is 15.3. The first-order valence-corrected chi connectivity index (χ1v) is 21.4. The van der Waals surface area contributed by atoms with Gasteiger partial charge in [0.1, 0.15) is 16.7 Å². The molecule has 296 valence electrons. The molecule has 0 aliphatic carbocycles. The van der Waals surface area contributed by atoms with Crippen LogP contribution in [0.1, 0.15) is 0 Å². The highest BCUT2D eigenvalue weighted by Gasteiger charge is 2.23. The van der Waals surface area contributed by atoms with Crippen LogP contribution in [0.15, 0.2) is 245 Å². The summed E-state index contributed by atoms with van der Waals surface area (Å²) in [6.07, 6.45) is 0. The molecule has 0 aliphatic rings. The van der Waals surface area contributed by atoms with Crippen molar-refractivity contribution in [1.82, 2.24) is 0 Å². The predicted octanol–water partition coefficient (Wildman–Crippen LogP) is 17.3. The minimum Gasteiger partial charge on any atom is -0.455 e. The van der Waals surface area contributed by atoms with E-state index in [0.29, 0.717) is 0 Å². The van der Waals surface area contributed by atoms with Crippen molar-refractivity contribution < 1.29 is 8.83 Å². The first kappa shape index (κ1) is 36.5. The fourth-order valence-corrected chi connectivity index (χ4v) is 9.28. The molecule has 10 aromatic carbocycles. The molecule has 0 amide bonds. The van der Waals surface area contributed by atoms with E-state index >= 15 is 0 Å². The summed E-state index contributed by atoms with van der Waals surface area (Å²) in [6, 6.07) is 83.9. The zero-order valence-electron chi connectivity index (χ0n) is 34.3. The highest BCUT2D eigenvalue weighted by atomic mass is 16.3. The normalized spacial score (nSPS) is 11.5. The number of hydrogen-bond acceptors (Lipinski definition) is 3. The molecule has 3 heteroatoms. The van der Waals surface area contributed by atoms with Gasteiger partial charge in [-0.15, -0.1) is 0 Å². The van der Waals surface area contributed by atoms with Crippen molar-refractivity contribution in [3.8, 4) is 55.6 Å². The first-order chi connectivity index (χ1) is 31.2. The van der Waals surface area contributed by atoms with E-state index in [1.165, 1.54) is 16.7 Å². The maximum Gasteiger partial charge on any atom is 0.159 e. The second-order valence-corrected chi connectivity index (χ2v) is 16.0. The number of hydrogen-bond donors (Lipinski definition) is 0. The Labute approximate surface area is 365 Å². The van der Waals surface area contributed by atoms with Crippen molar-refractivity contribution in [3.05, 3.63) is 237 Å². The minimum atomic E-state index is 0.822. The van der Waals surface area contributed by atoms with E-state index in [1.54, 1.807) is 0 Å². The predicted molar refractivity (Wildman–Crippen MR) is 263 cm³/mol. The van der Waals surface area contributed by atoms with Gasteiger partial charge in [0, 0.05) is 44.0 Å². The molecule has 12 rings (SSSR count). The molecule has 0 saturated carbocycles. The largest absolute Gasteiger partial charge is 0.455 e. The molecule has 0 aliphatic heterocycles. The number of anilines is 3. The second-order valence-electron chi connectivity index (χ2n) is 16.0. The van der Waals surface area contributed by atoms with Gasteiger partial charge in [-0.05, 0) is 87.0 Å². The van der Waals surface area contributed by atoms with Gasteiger partial charge in [-0.25, -0.2) is 0 Å². The monoisotopic (exact) mass is 805 g/mol. The van der Waals surface area contributed by atoms with E-state index in [1.807, 2.05) is 12.1 Å². The van der Waals surface area contributed by atoms with Crippen molar-refractivity contribution in [1.29, 1.82) is 0 Å². The summed E-state index contributed by atoms with van der Waals surface area (Å²) < 4.78 is 13.6. The highest BCUT2D eigenvalue weighted by molar-refractivity contribution is 6.15. The molecule has 0 N–H and O–H groups in total. The molecule has 0 radical (unpaired) electrons. The number of para-hydroxylation sites is 3. The Hall–Kier alpha value is -8.40. The van der Waals surface area contributed by atoms with E-state index in [0.717, 1.165) is 99.9 Å². The van der Waals surface area contributed by atoms with E-state index in [-0.39, 0.29) is 0 Å². The number of rotatable bonds is 8. The molecule has 0 spiro atoms. The SMILES string of the molecule is c1ccc(-c2cc(N(c3ccc(-c4ccccc4-c4ccccc4)cc3)c3ccc(-c4cccc5c4oc4ccccc45)cc3)c3oc4c(-c5ccccc5)cccc4c3c2)cc1. The number of fused-ring (bicyclic) bond motifs is 6. The summed E-state index contributed by atoms with van der Waals surface area (Å²) in [5.41, 5.74) is 17.7. The molecule has 12 aromatic rings. The van der Waals surface area contributed by atoms with Crippen LogP contribution in [0.2, 0.25) is 0 Å². The van der Waals surface area contributed by atoms with Crippen molar-refractivity contribution in [2.75, 3.05) is 4.90 Å². The summed E-state index contributed by atoms with van der Waals surface area (Å²) in [4.78, 5) is 2.35. The van der Waals surface area contributed by atoms with Gasteiger partial charge in [-0.2, -0.15) is 0 Å². The van der Waals surface area contributed by atoms with Gasteiger partial charge < -0.3 is 13.7 Å². The molecule has 2 aromatic heterocycles. The Morgan fingerprint density at radius 2 is 0.683 bits per heavy atom. The van der Waals surface area contributed by atoms with Crippen molar-refractivity contribution in [3.63, 3.8) is 0 Å². The lowest BCUT2D eigenvalue weighted by Crippen LogP contribution is -2.10. The van der Waals surface area contributed by atoms with Crippen molar-refractivity contribution in [2.45, 2.75) is 0 Å². The fraction of sp³-hybridized carbons (Fsp3) is 0. The summed E-state index contributed by atoms with van der Waals surface area (Å²) >= 11 is 0. The van der Waals surface area contributed by atoms with Crippen LogP contribution in [0.3, 0.4) is 0 Å². The Bertz CT molecular complexity index is 3590. The van der Waals surface area contributed by atoms with Crippen molar-refractivity contribution >= 4 is 60.9 Å². The number of nitrogens with zero attached hydrogens (tertiary/aromatic N) is 1. The molecule has 2 heterocycles. The minimum absolute atomic E-state index is 0.822. The summed E-state index contributed by atoms with van der Waals surface area (Å²) in [5.74, 6) is 0. The standard InChI is InChI=1S/C60H39NO2/c1-4-16-40(17-5-1)45-38-55-54-28-15-25-50(42-20-8-3-9-21-42)59(54)63-60(55)56(39-45)61(46-34-30-43(31-35-46)49-23-11-10-22-48(49)41-18-6-2-7-19-41)47-36-32-44(33-37-47)51-26-14-27-53-52-24-12-13-29-57(52)62-58(51)53/h1-39H. The summed E-state index contributed by atoms with van der Waals surface area (Å²) in [6.45, 7) is 0. The Morgan fingerprint density at radius 3 is 1.29 bits per heavy atom. The van der Waals surface area contributed by atoms with Crippen LogP contribution in [0.25, 0.3) is 99.5 Å². The van der Waals surface area contributed by atoms with Crippen LogP contribution in [0.5, 0.6) is 0 Å². The average molecular weight is 806 g/mol. The van der Waals surface area contributed by atoms with Gasteiger partial charge in [0.15, 0.2) is 5.58 Å². The lowest BCUT2D eigenvalue weighted by molar-refractivity contribution is 0.670. The van der Waals surface area contributed by atoms with Gasteiger partial charge in [0.25, 0.3) is 0 Å². The zero-order chi connectivity index (χ0) is 41.7. The van der Waals surface area contributed by atoms with Crippen LogP contribution in [-0.2, 0) is 0 Å². The molecule has 63 heavy (non-hydrogen) atoms. The van der Waals surface area contributed by atoms with E-state index in [2.05, 4.69) is 229 Å². The third-order valence-electron chi connectivity index (χ3n) is 12.3. The number of benzene rings is 10. The van der Waals surface area contributed by atoms with Crippen LogP contribution < -0.4 is 4.90 Å². The molecule has 0 saturated heterocycles. The summed E-state index contributed by atoms with van der Waals surface area (Å²) in [7, 11) is 0. The highest BCUT2D eigenvalue weighted by Crippen LogP contribution is 2.47. The molecule has 0 bridgehead atoms. The van der Waals surface area contributed by atoms with Gasteiger partial charge in [-0.3, -0.25) is 0 Å². The topological polar surface area (TPSA) is 29.5 Å². The van der Waals surface area contributed by atoms with Crippen LogP contribution in [0, 0.1) is 0 Å². The van der Waals surface area contributed by atoms with Gasteiger partial charge in [0.05, 0.1) is 5.69 Å². The molecular formula is C60H39NO2. The Morgan fingerprint density at radius 1 is 0.254 bits per heavy atom. The van der Waals surface area contributed by atoms with E-state index in [9.17, 15) is 0 Å². The van der Waals surface area contributed by atoms with Crippen LogP contribution in [-0.4, -0.2) is 0 Å². The Kier molecular flexibility index (Phi) is 8.83. The Balaban J connectivity index is 1.07. The molecular weight excluding hydrogens is 767 g/mol. The smallest absolute Gasteiger partial charge is 0.159 e. The molecule has 0 atom stereocenters. The lowest BCUT2D eigenvalue weighted by Gasteiger charge is -2.27. The maximum absolute atomic E-state index is 7.16. The third-order valence-corrected chi connectivity index (χ3v) is 12.3. The van der Waals surface area contributed by atoms with Crippen molar-refractivity contribution in [2.24, 2.45) is 0 Å². The van der Waals surface area contributed by atoms with Gasteiger partial charge in [0.2, 0.25) is 0 Å². The number of furan rings is 2. The fourth-order valence-electron chi connectivity index (χ4n) is 9.28. The van der Waals surface area contributed by atoms with E-state index < -0.39 is 0 Å². The van der Waals surface area contributed by atoms with Gasteiger partial charge in [-0.1, -0.05) is 194 Å². The summed E-state index contributed by atoms with van der Waals surface area (Å²) in [5, 5.41) is 4.37. The zero-order valence-corrected chi connectivity index (χ0v) is 34.3. The third kappa shape index (κ3) is 6.38. The van der Waals surface area contributed by atoms with E-state index in [4.69, 9.17) is 8.83 Å². The maximum atomic E-state index is 7.16. The molecule has 0 fully saturated rings. The first-order valence-electron chi connectivity index (χ1n) is 21.4. The lowest BCUT2D eigenvalue weighted by atomic mass is 9.94.